The molecule has 0 amide bonds. The third-order valence-corrected chi connectivity index (χ3v) is 7.50. The molecule has 0 radical (unpaired) electrons. The number of thioether (sulfide) groups is 1. The summed E-state index contributed by atoms with van der Waals surface area (Å²) >= 11 is 1.92. The van der Waals surface area contributed by atoms with Gasteiger partial charge in [0.05, 0.1) is 5.71 Å². The third kappa shape index (κ3) is 2.51. The second kappa shape index (κ2) is 5.54. The highest BCUT2D eigenvalue weighted by Gasteiger charge is 2.53. The molecule has 0 aromatic rings. The van der Waals surface area contributed by atoms with Gasteiger partial charge in [0, 0.05) is 24.3 Å². The van der Waals surface area contributed by atoms with Crippen LogP contribution < -0.4 is 0 Å². The molecule has 4 bridgehead atoms. The van der Waals surface area contributed by atoms with E-state index in [-0.39, 0.29) is 0 Å². The molecule has 0 saturated heterocycles. The van der Waals surface area contributed by atoms with Crippen molar-refractivity contribution in [2.45, 2.75) is 64.8 Å². The fraction of sp³-hybridized carbons (Fsp3) is 0.889. The molecule has 4 aliphatic carbocycles. The van der Waals surface area contributed by atoms with Crippen molar-refractivity contribution >= 4 is 22.6 Å². The molecule has 0 spiro atoms. The van der Waals surface area contributed by atoms with E-state index in [4.69, 9.17) is 10.1 Å². The zero-order valence-corrected chi connectivity index (χ0v) is 15.0. The molecular formula is C18H29N3S. The molecule has 4 saturated carbocycles. The van der Waals surface area contributed by atoms with Gasteiger partial charge in [-0.3, -0.25) is 4.99 Å². The van der Waals surface area contributed by atoms with Crippen LogP contribution in [0.15, 0.2) is 10.1 Å². The first kappa shape index (κ1) is 15.0. The summed E-state index contributed by atoms with van der Waals surface area (Å²) in [6.07, 6.45) is 9.89. The number of rotatable bonds is 3. The minimum Gasteiger partial charge on any atom is -0.258 e. The second-order valence-corrected chi connectivity index (χ2v) is 9.17. The lowest BCUT2D eigenvalue weighted by molar-refractivity contribution is -0.0130. The van der Waals surface area contributed by atoms with Gasteiger partial charge in [-0.05, 0) is 69.6 Å². The Morgan fingerprint density at radius 2 is 1.82 bits per heavy atom. The van der Waals surface area contributed by atoms with Crippen LogP contribution in [0.4, 0.5) is 0 Å². The van der Waals surface area contributed by atoms with Gasteiger partial charge in [0.2, 0.25) is 0 Å². The van der Waals surface area contributed by atoms with Gasteiger partial charge < -0.3 is 0 Å². The summed E-state index contributed by atoms with van der Waals surface area (Å²) in [4.78, 5) is 4.81. The van der Waals surface area contributed by atoms with Crippen LogP contribution in [0, 0.1) is 23.2 Å². The van der Waals surface area contributed by atoms with Gasteiger partial charge in [0.1, 0.15) is 0 Å². The normalized spacial score (nSPS) is 43.6. The van der Waals surface area contributed by atoms with E-state index in [0.717, 1.165) is 35.1 Å². The summed E-state index contributed by atoms with van der Waals surface area (Å²) in [5.74, 6) is 4.07. The van der Waals surface area contributed by atoms with Crippen LogP contribution in [0.2, 0.25) is 0 Å². The maximum Gasteiger partial charge on any atom is 0.180 e. The zero-order valence-electron chi connectivity index (χ0n) is 14.2. The van der Waals surface area contributed by atoms with Crippen molar-refractivity contribution in [3.63, 3.8) is 0 Å². The molecule has 3 nitrogen and oxygen atoms in total. The molecule has 4 fully saturated rings. The summed E-state index contributed by atoms with van der Waals surface area (Å²) in [6, 6.07) is 0.404. The standard InChI is InChI=1S/C18H29N3S/c1-4-12(2)19-17-21(3)20-16(11-22-17)18-8-13-5-14(9-18)7-15(6-13)10-18/h12-15H,4-11H2,1-3H3/t12-,13?,14?,15?,18?/m0/s1. The summed E-state index contributed by atoms with van der Waals surface area (Å²) in [7, 11) is 2.09. The summed E-state index contributed by atoms with van der Waals surface area (Å²) < 4.78 is 0. The predicted octanol–water partition coefficient (Wildman–Crippen LogP) is 4.39. The maximum absolute atomic E-state index is 5.04. The van der Waals surface area contributed by atoms with Crippen molar-refractivity contribution in [2.24, 2.45) is 33.3 Å². The van der Waals surface area contributed by atoms with Crippen molar-refractivity contribution in [1.29, 1.82) is 0 Å². The molecule has 5 rings (SSSR count). The Kier molecular flexibility index (Phi) is 3.79. The van der Waals surface area contributed by atoms with Crippen LogP contribution in [-0.2, 0) is 0 Å². The molecule has 0 aromatic carbocycles. The molecule has 0 unspecified atom stereocenters. The molecule has 1 aliphatic heterocycles. The first-order valence-electron chi connectivity index (χ1n) is 9.10. The van der Waals surface area contributed by atoms with Crippen LogP contribution in [0.25, 0.3) is 0 Å². The minimum atomic E-state index is 0.404. The van der Waals surface area contributed by atoms with Gasteiger partial charge in [0.25, 0.3) is 0 Å². The molecule has 122 valence electrons. The van der Waals surface area contributed by atoms with E-state index < -0.39 is 0 Å². The van der Waals surface area contributed by atoms with Gasteiger partial charge in [0.15, 0.2) is 5.17 Å². The highest BCUT2D eigenvalue weighted by molar-refractivity contribution is 8.14. The van der Waals surface area contributed by atoms with E-state index in [9.17, 15) is 0 Å². The Hall–Kier alpha value is -0.510. The second-order valence-electron chi connectivity index (χ2n) is 8.23. The fourth-order valence-electron chi connectivity index (χ4n) is 5.60. The monoisotopic (exact) mass is 319 g/mol. The number of hydrogen-bond donors (Lipinski definition) is 0. The van der Waals surface area contributed by atoms with E-state index in [0.29, 0.717) is 11.5 Å². The molecule has 4 heteroatoms. The Morgan fingerprint density at radius 3 is 2.32 bits per heavy atom. The number of aliphatic imine (C=N–C) groups is 1. The average molecular weight is 320 g/mol. The highest BCUT2D eigenvalue weighted by atomic mass is 32.2. The van der Waals surface area contributed by atoms with Crippen LogP contribution >= 0.6 is 11.8 Å². The quantitative estimate of drug-likeness (QED) is 0.771. The minimum absolute atomic E-state index is 0.404. The molecule has 0 N–H and O–H groups in total. The van der Waals surface area contributed by atoms with E-state index in [1.165, 1.54) is 44.2 Å². The lowest BCUT2D eigenvalue weighted by atomic mass is 9.48. The molecule has 1 atom stereocenters. The first-order chi connectivity index (χ1) is 10.6. The highest BCUT2D eigenvalue weighted by Crippen LogP contribution is 2.61. The average Bonchev–Trinajstić information content (AvgIpc) is 2.47. The van der Waals surface area contributed by atoms with Crippen LogP contribution in [-0.4, -0.2) is 34.7 Å². The van der Waals surface area contributed by atoms with E-state index in [1.807, 2.05) is 11.8 Å². The van der Waals surface area contributed by atoms with Crippen LogP contribution in [0.1, 0.15) is 58.8 Å². The zero-order chi connectivity index (χ0) is 15.3. The largest absolute Gasteiger partial charge is 0.258 e. The Balaban J connectivity index is 1.57. The van der Waals surface area contributed by atoms with Crippen molar-refractivity contribution in [3.8, 4) is 0 Å². The van der Waals surface area contributed by atoms with E-state index in [2.05, 4.69) is 25.9 Å². The number of nitrogens with zero attached hydrogens (tertiary/aromatic N) is 3. The molecular weight excluding hydrogens is 290 g/mol. The van der Waals surface area contributed by atoms with Gasteiger partial charge in [-0.15, -0.1) is 0 Å². The van der Waals surface area contributed by atoms with Crippen molar-refractivity contribution in [1.82, 2.24) is 5.01 Å². The smallest absolute Gasteiger partial charge is 0.180 e. The van der Waals surface area contributed by atoms with Crippen molar-refractivity contribution in [2.75, 3.05) is 12.8 Å². The Labute approximate surface area is 139 Å². The van der Waals surface area contributed by atoms with Gasteiger partial charge in [-0.2, -0.15) is 5.10 Å². The van der Waals surface area contributed by atoms with E-state index >= 15 is 0 Å². The molecule has 22 heavy (non-hydrogen) atoms. The SMILES string of the molecule is CC[C@H](C)N=C1SCC(C23CC4CC(CC(C4)C2)C3)=NN1C. The maximum atomic E-state index is 5.04. The van der Waals surface area contributed by atoms with Crippen LogP contribution in [0.5, 0.6) is 0 Å². The summed E-state index contributed by atoms with van der Waals surface area (Å²) in [5, 5.41) is 8.22. The van der Waals surface area contributed by atoms with Crippen molar-refractivity contribution < 1.29 is 0 Å². The van der Waals surface area contributed by atoms with E-state index in [1.54, 1.807) is 0 Å². The van der Waals surface area contributed by atoms with Gasteiger partial charge >= 0.3 is 0 Å². The topological polar surface area (TPSA) is 28.0 Å². The Bertz CT molecular complexity index is 475. The van der Waals surface area contributed by atoms with Crippen molar-refractivity contribution in [3.05, 3.63) is 0 Å². The van der Waals surface area contributed by atoms with Gasteiger partial charge in [-0.25, -0.2) is 5.01 Å². The molecule has 1 heterocycles. The lowest BCUT2D eigenvalue weighted by Gasteiger charge is -2.57. The number of amidine groups is 1. The lowest BCUT2D eigenvalue weighted by Crippen LogP contribution is -2.52. The summed E-state index contributed by atoms with van der Waals surface area (Å²) in [5.41, 5.74) is 1.94. The third-order valence-electron chi connectivity index (χ3n) is 6.46. The predicted molar refractivity (Wildman–Crippen MR) is 95.4 cm³/mol. The van der Waals surface area contributed by atoms with Crippen LogP contribution in [0.3, 0.4) is 0 Å². The fourth-order valence-corrected chi connectivity index (χ4v) is 6.71. The molecule has 5 aliphatic rings. The number of hydrogen-bond acceptors (Lipinski definition) is 3. The number of hydrazone groups is 1. The summed E-state index contributed by atoms with van der Waals surface area (Å²) in [6.45, 7) is 4.39. The Morgan fingerprint density at radius 1 is 1.23 bits per heavy atom. The first-order valence-corrected chi connectivity index (χ1v) is 10.1. The van der Waals surface area contributed by atoms with Gasteiger partial charge in [-0.1, -0.05) is 18.7 Å². The molecule has 0 aromatic heterocycles.